The standard InChI is InChI=1S/C20H21N3O5S2/c1-27-15-7-9-16(10-8-15)30(25,26)23-20-22-17(13-29-20)19(24)21-12-11-14-5-3-4-6-18(14)28-2/h3-10,13H,11-12H2,1-2H3,(H,21,24)(H,22,23). The van der Waals surface area contributed by atoms with E-state index in [2.05, 4.69) is 15.0 Å². The van der Waals surface area contributed by atoms with Gasteiger partial charge in [-0.2, -0.15) is 0 Å². The van der Waals surface area contributed by atoms with E-state index in [9.17, 15) is 13.2 Å². The minimum Gasteiger partial charge on any atom is -0.497 e. The number of hydrogen-bond donors (Lipinski definition) is 2. The monoisotopic (exact) mass is 447 g/mol. The molecule has 3 rings (SSSR count). The zero-order valence-corrected chi connectivity index (χ0v) is 18.0. The van der Waals surface area contributed by atoms with Crippen LogP contribution in [0.15, 0.2) is 58.8 Å². The van der Waals surface area contributed by atoms with E-state index in [1.165, 1.54) is 24.6 Å². The van der Waals surface area contributed by atoms with Crippen molar-refractivity contribution in [1.82, 2.24) is 10.3 Å². The molecule has 0 spiro atoms. The average molecular weight is 448 g/mol. The average Bonchev–Trinajstić information content (AvgIpc) is 3.22. The fourth-order valence-electron chi connectivity index (χ4n) is 2.66. The third kappa shape index (κ3) is 5.28. The summed E-state index contributed by atoms with van der Waals surface area (Å²) in [5.74, 6) is 0.932. The molecule has 0 radical (unpaired) electrons. The summed E-state index contributed by atoms with van der Waals surface area (Å²) < 4.78 is 37.6. The Morgan fingerprint density at radius 3 is 2.50 bits per heavy atom. The Morgan fingerprint density at radius 1 is 1.07 bits per heavy atom. The highest BCUT2D eigenvalue weighted by Crippen LogP contribution is 2.22. The zero-order chi connectivity index (χ0) is 21.6. The summed E-state index contributed by atoms with van der Waals surface area (Å²) >= 11 is 1.04. The van der Waals surface area contributed by atoms with Gasteiger partial charge in [-0.1, -0.05) is 18.2 Å². The first-order valence-corrected chi connectivity index (χ1v) is 11.3. The molecule has 2 N–H and O–H groups in total. The van der Waals surface area contributed by atoms with Crippen LogP contribution in [0.25, 0.3) is 0 Å². The number of methoxy groups -OCH3 is 2. The van der Waals surface area contributed by atoms with Crippen LogP contribution in [0.3, 0.4) is 0 Å². The zero-order valence-electron chi connectivity index (χ0n) is 16.4. The lowest BCUT2D eigenvalue weighted by Gasteiger charge is -2.08. The highest BCUT2D eigenvalue weighted by atomic mass is 32.2. The number of aromatic nitrogens is 1. The van der Waals surface area contributed by atoms with E-state index >= 15 is 0 Å². The maximum atomic E-state index is 12.5. The van der Waals surface area contributed by atoms with Gasteiger partial charge in [0.25, 0.3) is 15.9 Å². The summed E-state index contributed by atoms with van der Waals surface area (Å²) in [5.41, 5.74) is 1.12. The number of ether oxygens (including phenoxy) is 2. The van der Waals surface area contributed by atoms with Gasteiger partial charge >= 0.3 is 0 Å². The number of nitrogens with one attached hydrogen (secondary N) is 2. The lowest BCUT2D eigenvalue weighted by molar-refractivity contribution is 0.0950. The van der Waals surface area contributed by atoms with Crippen LogP contribution in [-0.2, 0) is 16.4 Å². The molecule has 2 aromatic carbocycles. The quantitative estimate of drug-likeness (QED) is 0.522. The lowest BCUT2D eigenvalue weighted by atomic mass is 10.1. The van der Waals surface area contributed by atoms with Crippen LogP contribution in [0.4, 0.5) is 5.13 Å². The van der Waals surface area contributed by atoms with Gasteiger partial charge in [0, 0.05) is 11.9 Å². The SMILES string of the molecule is COc1ccc(S(=O)(=O)Nc2nc(C(=O)NCCc3ccccc3OC)cs2)cc1. The van der Waals surface area contributed by atoms with Gasteiger partial charge in [0.05, 0.1) is 19.1 Å². The number of nitrogens with zero attached hydrogens (tertiary/aromatic N) is 1. The number of anilines is 1. The number of carbonyl (C=O) groups is 1. The molecule has 1 aromatic heterocycles. The maximum absolute atomic E-state index is 12.5. The number of sulfonamides is 1. The van der Waals surface area contributed by atoms with E-state index in [0.29, 0.717) is 18.7 Å². The summed E-state index contributed by atoms with van der Waals surface area (Å²) in [6, 6.07) is 13.5. The molecule has 0 saturated carbocycles. The predicted molar refractivity (Wildman–Crippen MR) is 115 cm³/mol. The molecule has 0 aliphatic rings. The molecule has 0 aliphatic carbocycles. The Labute approximate surface area is 178 Å². The van der Waals surface area contributed by atoms with Crippen LogP contribution in [0.2, 0.25) is 0 Å². The molecular weight excluding hydrogens is 426 g/mol. The van der Waals surface area contributed by atoms with E-state index in [1.54, 1.807) is 19.2 Å². The second-order valence-electron chi connectivity index (χ2n) is 6.14. The molecule has 158 valence electrons. The predicted octanol–water partition coefficient (Wildman–Crippen LogP) is 2.93. The molecule has 1 amide bonds. The van der Waals surface area contributed by atoms with Gasteiger partial charge in [-0.15, -0.1) is 11.3 Å². The van der Waals surface area contributed by atoms with E-state index in [1.807, 2.05) is 24.3 Å². The molecule has 30 heavy (non-hydrogen) atoms. The fraction of sp³-hybridized carbons (Fsp3) is 0.200. The highest BCUT2D eigenvalue weighted by Gasteiger charge is 2.18. The van der Waals surface area contributed by atoms with Gasteiger partial charge in [0.15, 0.2) is 5.13 Å². The van der Waals surface area contributed by atoms with E-state index in [0.717, 1.165) is 22.6 Å². The van der Waals surface area contributed by atoms with Crippen LogP contribution >= 0.6 is 11.3 Å². The van der Waals surface area contributed by atoms with E-state index < -0.39 is 10.0 Å². The minimum atomic E-state index is -3.81. The Hall–Kier alpha value is -3.11. The fourth-order valence-corrected chi connectivity index (χ4v) is 4.61. The van der Waals surface area contributed by atoms with Crippen molar-refractivity contribution in [3.05, 3.63) is 65.2 Å². The van der Waals surface area contributed by atoms with Crippen molar-refractivity contribution < 1.29 is 22.7 Å². The number of para-hydroxylation sites is 1. The number of thiazole rings is 1. The van der Waals surface area contributed by atoms with E-state index in [-0.39, 0.29) is 21.6 Å². The molecule has 0 unspecified atom stereocenters. The number of amides is 1. The van der Waals surface area contributed by atoms with Crippen LogP contribution in [0.5, 0.6) is 11.5 Å². The largest absolute Gasteiger partial charge is 0.497 e. The van der Waals surface area contributed by atoms with Crippen LogP contribution < -0.4 is 19.5 Å². The summed E-state index contributed by atoms with van der Waals surface area (Å²) in [6.07, 6.45) is 0.594. The van der Waals surface area contributed by atoms with Crippen molar-refractivity contribution in [2.45, 2.75) is 11.3 Å². The van der Waals surface area contributed by atoms with Gasteiger partial charge in [-0.25, -0.2) is 13.4 Å². The molecule has 3 aromatic rings. The summed E-state index contributed by atoms with van der Waals surface area (Å²) in [6.45, 7) is 0.393. The van der Waals surface area contributed by atoms with Gasteiger partial charge in [-0.3, -0.25) is 9.52 Å². The van der Waals surface area contributed by atoms with Gasteiger partial charge in [0.1, 0.15) is 17.2 Å². The number of benzene rings is 2. The Kier molecular flexibility index (Phi) is 6.91. The third-order valence-corrected chi connectivity index (χ3v) is 6.44. The van der Waals surface area contributed by atoms with Gasteiger partial charge in [0.2, 0.25) is 0 Å². The Bertz CT molecular complexity index is 1110. The number of rotatable bonds is 9. The van der Waals surface area contributed by atoms with Crippen molar-refractivity contribution in [3.63, 3.8) is 0 Å². The summed E-state index contributed by atoms with van der Waals surface area (Å²) in [5, 5.41) is 4.39. The second-order valence-corrected chi connectivity index (χ2v) is 8.68. The van der Waals surface area contributed by atoms with Crippen LogP contribution in [0.1, 0.15) is 16.1 Å². The van der Waals surface area contributed by atoms with Crippen LogP contribution in [0, 0.1) is 0 Å². The molecule has 0 fully saturated rings. The van der Waals surface area contributed by atoms with Crippen molar-refractivity contribution in [2.75, 3.05) is 25.5 Å². The smallest absolute Gasteiger partial charge is 0.270 e. The third-order valence-electron chi connectivity index (χ3n) is 4.20. The Balaban J connectivity index is 1.59. The summed E-state index contributed by atoms with van der Waals surface area (Å²) in [4.78, 5) is 16.5. The molecule has 0 aliphatic heterocycles. The molecule has 0 saturated heterocycles. The Morgan fingerprint density at radius 2 is 1.80 bits per heavy atom. The molecular formula is C20H21N3O5S2. The first kappa shape index (κ1) is 21.6. The van der Waals surface area contributed by atoms with Crippen molar-refractivity contribution in [1.29, 1.82) is 0 Å². The van der Waals surface area contributed by atoms with Crippen molar-refractivity contribution in [2.24, 2.45) is 0 Å². The van der Waals surface area contributed by atoms with Gasteiger partial charge in [-0.05, 0) is 42.3 Å². The number of hydrogen-bond acceptors (Lipinski definition) is 7. The first-order chi connectivity index (χ1) is 14.4. The van der Waals surface area contributed by atoms with Crippen molar-refractivity contribution >= 4 is 32.4 Å². The maximum Gasteiger partial charge on any atom is 0.270 e. The summed E-state index contributed by atoms with van der Waals surface area (Å²) in [7, 11) is -0.716. The van der Waals surface area contributed by atoms with Gasteiger partial charge < -0.3 is 14.8 Å². The van der Waals surface area contributed by atoms with Crippen LogP contribution in [-0.4, -0.2) is 40.1 Å². The lowest BCUT2D eigenvalue weighted by Crippen LogP contribution is -2.26. The van der Waals surface area contributed by atoms with E-state index in [4.69, 9.17) is 9.47 Å². The topological polar surface area (TPSA) is 107 Å². The van der Waals surface area contributed by atoms with Crippen molar-refractivity contribution in [3.8, 4) is 11.5 Å². The molecule has 1 heterocycles. The number of carbonyl (C=O) groups excluding carboxylic acids is 1. The molecule has 0 bridgehead atoms. The highest BCUT2D eigenvalue weighted by molar-refractivity contribution is 7.93. The molecule has 8 nitrogen and oxygen atoms in total. The minimum absolute atomic E-state index is 0.0707. The second kappa shape index (κ2) is 9.59. The first-order valence-electron chi connectivity index (χ1n) is 8.95. The molecule has 0 atom stereocenters. The molecule has 10 heteroatoms. The normalized spacial score (nSPS) is 11.0.